The number of hydrogen-bond donors (Lipinski definition) is 2. The summed E-state index contributed by atoms with van der Waals surface area (Å²) in [7, 11) is 4.03. The largest absolute Gasteiger partial charge is 0.311 e. The van der Waals surface area contributed by atoms with Crippen LogP contribution in [0.15, 0.2) is 48.5 Å². The van der Waals surface area contributed by atoms with Crippen molar-refractivity contribution in [2.45, 2.75) is 25.9 Å². The molecule has 0 radical (unpaired) electrons. The van der Waals surface area contributed by atoms with Crippen molar-refractivity contribution in [1.82, 2.24) is 10.6 Å². The maximum atomic E-state index is 3.44. The molecule has 20 heavy (non-hydrogen) atoms. The number of likely N-dealkylation sites (N-methyl/N-ethyl adjacent to an activating group) is 2. The zero-order chi connectivity index (χ0) is 14.5. The first-order valence-electron chi connectivity index (χ1n) is 7.13. The Morgan fingerprint density at radius 1 is 0.600 bits per heavy atom. The van der Waals surface area contributed by atoms with Crippen molar-refractivity contribution < 1.29 is 0 Å². The second-order valence-corrected chi connectivity index (χ2v) is 5.35. The van der Waals surface area contributed by atoms with Gasteiger partial charge in [-0.05, 0) is 39.1 Å². The highest BCUT2D eigenvalue weighted by molar-refractivity contribution is 5.31. The first-order chi connectivity index (χ1) is 9.65. The van der Waals surface area contributed by atoms with E-state index in [1.165, 1.54) is 22.3 Å². The minimum atomic E-state index is 0.253. The van der Waals surface area contributed by atoms with Gasteiger partial charge in [0.05, 0.1) is 12.1 Å². The molecule has 0 unspecified atom stereocenters. The Morgan fingerprint density at radius 3 is 1.15 bits per heavy atom. The van der Waals surface area contributed by atoms with Crippen LogP contribution in [0.25, 0.3) is 0 Å². The normalized spacial score (nSPS) is 14.0. The van der Waals surface area contributed by atoms with Crippen LogP contribution in [0.2, 0.25) is 0 Å². The van der Waals surface area contributed by atoms with Gasteiger partial charge in [0.25, 0.3) is 0 Å². The lowest BCUT2D eigenvalue weighted by Gasteiger charge is -2.27. The summed E-state index contributed by atoms with van der Waals surface area (Å²) in [5.41, 5.74) is 5.19. The fraction of sp³-hybridized carbons (Fsp3) is 0.333. The number of rotatable bonds is 5. The quantitative estimate of drug-likeness (QED) is 0.867. The smallest absolute Gasteiger partial charge is 0.0515 e. The highest BCUT2D eigenvalue weighted by atomic mass is 15.0. The molecule has 0 aliphatic heterocycles. The molecule has 2 N–H and O–H groups in total. The summed E-state index contributed by atoms with van der Waals surface area (Å²) in [6, 6.07) is 18.0. The molecule has 106 valence electrons. The van der Waals surface area contributed by atoms with E-state index in [0.29, 0.717) is 0 Å². The molecule has 0 amide bonds. The summed E-state index contributed by atoms with van der Waals surface area (Å²) in [6.07, 6.45) is 0. The summed E-state index contributed by atoms with van der Waals surface area (Å²) in [5.74, 6) is 0. The number of benzene rings is 2. The standard InChI is InChI=1S/C18H24N2/c1-13-5-9-15(10-6-13)17(19-3)18(20-4)16-11-7-14(2)8-12-16/h5-12,17-20H,1-4H3/t17-,18-/m0/s1. The Hall–Kier alpha value is -1.64. The molecular formula is C18H24N2. The molecular weight excluding hydrogens is 244 g/mol. The van der Waals surface area contributed by atoms with E-state index in [1.807, 2.05) is 14.1 Å². The Morgan fingerprint density at radius 2 is 0.900 bits per heavy atom. The van der Waals surface area contributed by atoms with Gasteiger partial charge in [0.1, 0.15) is 0 Å². The predicted octanol–water partition coefficient (Wildman–Crippen LogP) is 3.52. The molecule has 2 nitrogen and oxygen atoms in total. The lowest BCUT2D eigenvalue weighted by Crippen LogP contribution is -2.31. The first-order valence-corrected chi connectivity index (χ1v) is 7.13. The van der Waals surface area contributed by atoms with Gasteiger partial charge in [0.15, 0.2) is 0 Å². The monoisotopic (exact) mass is 268 g/mol. The van der Waals surface area contributed by atoms with Crippen molar-refractivity contribution >= 4 is 0 Å². The fourth-order valence-electron chi connectivity index (χ4n) is 2.60. The molecule has 2 atom stereocenters. The topological polar surface area (TPSA) is 24.1 Å². The Balaban J connectivity index is 2.32. The molecule has 2 heteroatoms. The predicted molar refractivity (Wildman–Crippen MR) is 86.0 cm³/mol. The molecule has 2 aromatic rings. The van der Waals surface area contributed by atoms with E-state index in [1.54, 1.807) is 0 Å². The van der Waals surface area contributed by atoms with Crippen molar-refractivity contribution in [1.29, 1.82) is 0 Å². The number of nitrogens with one attached hydrogen (secondary N) is 2. The number of aryl methyl sites for hydroxylation is 2. The van der Waals surface area contributed by atoms with Crippen molar-refractivity contribution in [3.05, 3.63) is 70.8 Å². The SMILES string of the molecule is CN[C@@H](c1ccc(C)cc1)[C@@H](NC)c1ccc(C)cc1. The van der Waals surface area contributed by atoms with Gasteiger partial charge < -0.3 is 10.6 Å². The Kier molecular flexibility index (Phi) is 4.94. The van der Waals surface area contributed by atoms with Crippen LogP contribution in [0.5, 0.6) is 0 Å². The second kappa shape index (κ2) is 6.69. The maximum Gasteiger partial charge on any atom is 0.0515 e. The van der Waals surface area contributed by atoms with Gasteiger partial charge in [-0.25, -0.2) is 0 Å². The van der Waals surface area contributed by atoms with Crippen molar-refractivity contribution in [3.63, 3.8) is 0 Å². The van der Waals surface area contributed by atoms with Crippen molar-refractivity contribution in [2.75, 3.05) is 14.1 Å². The lowest BCUT2D eigenvalue weighted by atomic mass is 9.92. The van der Waals surface area contributed by atoms with Gasteiger partial charge in [0.2, 0.25) is 0 Å². The zero-order valence-corrected chi connectivity index (χ0v) is 12.8. The van der Waals surface area contributed by atoms with Crippen LogP contribution in [0.4, 0.5) is 0 Å². The van der Waals surface area contributed by atoms with E-state index in [2.05, 4.69) is 73.0 Å². The highest BCUT2D eigenvalue weighted by Gasteiger charge is 2.21. The second-order valence-electron chi connectivity index (χ2n) is 5.35. The number of hydrogen-bond acceptors (Lipinski definition) is 2. The third kappa shape index (κ3) is 3.27. The molecule has 0 saturated carbocycles. The molecule has 0 aromatic heterocycles. The van der Waals surface area contributed by atoms with Gasteiger partial charge in [-0.3, -0.25) is 0 Å². The van der Waals surface area contributed by atoms with Gasteiger partial charge >= 0.3 is 0 Å². The van der Waals surface area contributed by atoms with Crippen LogP contribution in [-0.2, 0) is 0 Å². The average Bonchev–Trinajstić information content (AvgIpc) is 2.47. The zero-order valence-electron chi connectivity index (χ0n) is 12.8. The Bertz CT molecular complexity index is 477. The van der Waals surface area contributed by atoms with Crippen LogP contribution < -0.4 is 10.6 Å². The van der Waals surface area contributed by atoms with Crippen molar-refractivity contribution in [2.24, 2.45) is 0 Å². The van der Waals surface area contributed by atoms with Crippen molar-refractivity contribution in [3.8, 4) is 0 Å². The van der Waals surface area contributed by atoms with Gasteiger partial charge in [0, 0.05) is 0 Å². The van der Waals surface area contributed by atoms with Crippen LogP contribution in [0.1, 0.15) is 34.3 Å². The van der Waals surface area contributed by atoms with Gasteiger partial charge in [-0.2, -0.15) is 0 Å². The third-order valence-corrected chi connectivity index (χ3v) is 3.83. The van der Waals surface area contributed by atoms with E-state index >= 15 is 0 Å². The summed E-state index contributed by atoms with van der Waals surface area (Å²) >= 11 is 0. The fourth-order valence-corrected chi connectivity index (χ4v) is 2.60. The van der Waals surface area contributed by atoms with E-state index in [-0.39, 0.29) is 12.1 Å². The molecule has 2 aromatic carbocycles. The minimum absolute atomic E-state index is 0.253. The Labute approximate surface area is 122 Å². The average molecular weight is 268 g/mol. The third-order valence-electron chi connectivity index (χ3n) is 3.83. The molecule has 0 heterocycles. The summed E-state index contributed by atoms with van der Waals surface area (Å²) in [5, 5.41) is 6.88. The molecule has 0 saturated heterocycles. The van der Waals surface area contributed by atoms with E-state index in [9.17, 15) is 0 Å². The molecule has 0 bridgehead atoms. The summed E-state index contributed by atoms with van der Waals surface area (Å²) < 4.78 is 0. The lowest BCUT2D eigenvalue weighted by molar-refractivity contribution is 0.432. The molecule has 0 aliphatic carbocycles. The summed E-state index contributed by atoms with van der Waals surface area (Å²) in [6.45, 7) is 4.24. The molecule has 0 aliphatic rings. The summed E-state index contributed by atoms with van der Waals surface area (Å²) in [4.78, 5) is 0. The molecule has 2 rings (SSSR count). The van der Waals surface area contributed by atoms with Crippen LogP contribution in [-0.4, -0.2) is 14.1 Å². The van der Waals surface area contributed by atoms with Crippen LogP contribution in [0.3, 0.4) is 0 Å². The van der Waals surface area contributed by atoms with E-state index < -0.39 is 0 Å². The van der Waals surface area contributed by atoms with Crippen LogP contribution >= 0.6 is 0 Å². The maximum absolute atomic E-state index is 3.44. The van der Waals surface area contributed by atoms with E-state index in [0.717, 1.165) is 0 Å². The van der Waals surface area contributed by atoms with Gasteiger partial charge in [-0.15, -0.1) is 0 Å². The van der Waals surface area contributed by atoms with Gasteiger partial charge in [-0.1, -0.05) is 59.7 Å². The van der Waals surface area contributed by atoms with Crippen LogP contribution in [0, 0.1) is 13.8 Å². The first kappa shape index (κ1) is 14.8. The molecule has 0 fully saturated rings. The molecule has 0 spiro atoms. The van der Waals surface area contributed by atoms with E-state index in [4.69, 9.17) is 0 Å². The highest BCUT2D eigenvalue weighted by Crippen LogP contribution is 2.28. The minimum Gasteiger partial charge on any atom is -0.311 e.